The lowest BCUT2D eigenvalue weighted by molar-refractivity contribution is 1.18. The van der Waals surface area contributed by atoms with E-state index >= 15 is 14.4 Å². The van der Waals surface area contributed by atoms with E-state index < -0.39 is 0 Å². The van der Waals surface area contributed by atoms with Gasteiger partial charge in [0.15, 0.2) is 16.3 Å². The number of nitrogens with zero attached hydrogens (tertiary/aromatic N) is 3. The number of aromatic amines is 3. The molecule has 0 aliphatic rings. The molecule has 16 aromatic rings. The molecular weight excluding hydrogens is 889 g/mol. The van der Waals surface area contributed by atoms with Crippen molar-refractivity contribution in [2.45, 2.75) is 0 Å². The number of benzene rings is 10. The molecule has 3 N–H and O–H groups in total. The van der Waals surface area contributed by atoms with Gasteiger partial charge < -0.3 is 28.7 Å². The van der Waals surface area contributed by atoms with Gasteiger partial charge in [-0.15, -0.1) is 0 Å². The molecule has 10 aromatic carbocycles. The van der Waals surface area contributed by atoms with Crippen molar-refractivity contribution in [2.75, 3.05) is 0 Å². The Balaban J connectivity index is 1.10. The van der Waals surface area contributed by atoms with Gasteiger partial charge in [-0.1, -0.05) is 109 Å². The predicted molar refractivity (Wildman–Crippen MR) is 296 cm³/mol. The molecule has 0 atom stereocenters. The smallest absolute Gasteiger partial charge is 0.199 e. The number of nitrogens with one attached hydrogen (secondary N) is 3. The van der Waals surface area contributed by atoms with E-state index in [4.69, 9.17) is 0 Å². The van der Waals surface area contributed by atoms with Crippen molar-refractivity contribution in [3.63, 3.8) is 0 Å². The van der Waals surface area contributed by atoms with Crippen molar-refractivity contribution in [1.82, 2.24) is 28.7 Å². The second-order valence-corrected chi connectivity index (χ2v) is 18.9. The molecule has 0 aliphatic heterocycles. The van der Waals surface area contributed by atoms with Crippen LogP contribution < -0.4 is 16.3 Å². The summed E-state index contributed by atoms with van der Waals surface area (Å²) in [5, 5.41) is 7.79. The number of hydrogen-bond donors (Lipinski definition) is 3. The Morgan fingerprint density at radius 1 is 0.250 bits per heavy atom. The van der Waals surface area contributed by atoms with Crippen molar-refractivity contribution >= 4 is 131 Å². The number of rotatable bonds is 3. The molecule has 0 saturated heterocycles. The lowest BCUT2D eigenvalue weighted by Gasteiger charge is -2.14. The van der Waals surface area contributed by atoms with Crippen molar-refractivity contribution in [2.24, 2.45) is 0 Å². The highest BCUT2D eigenvalue weighted by molar-refractivity contribution is 6.28. The first-order valence-corrected chi connectivity index (χ1v) is 24.1. The van der Waals surface area contributed by atoms with Crippen LogP contribution in [0, 0.1) is 0 Å². The van der Waals surface area contributed by atoms with Crippen molar-refractivity contribution < 1.29 is 0 Å². The molecule has 0 radical (unpaired) electrons. The quantitative estimate of drug-likeness (QED) is 0.121. The lowest BCUT2D eigenvalue weighted by atomic mass is 9.97. The molecule has 0 amide bonds. The van der Waals surface area contributed by atoms with Gasteiger partial charge in [0.25, 0.3) is 0 Å². The Morgan fingerprint density at radius 3 is 0.806 bits per heavy atom. The summed E-state index contributed by atoms with van der Waals surface area (Å²) in [5.74, 6) is 0. The van der Waals surface area contributed by atoms with Crippen LogP contribution in [0.25, 0.3) is 148 Å². The highest BCUT2D eigenvalue weighted by atomic mass is 16.1. The molecule has 336 valence electrons. The van der Waals surface area contributed by atoms with Crippen LogP contribution in [0.15, 0.2) is 215 Å². The fraction of sp³-hybridized carbons (Fsp3) is 0. The molecule has 0 bridgehead atoms. The Bertz CT molecular complexity index is 4720. The van der Waals surface area contributed by atoms with Gasteiger partial charge in [-0.2, -0.15) is 0 Å². The van der Waals surface area contributed by atoms with Crippen LogP contribution in [-0.2, 0) is 0 Å². The zero-order valence-corrected chi connectivity index (χ0v) is 38.1. The van der Waals surface area contributed by atoms with E-state index in [0.29, 0.717) is 49.3 Å². The van der Waals surface area contributed by atoms with E-state index in [1.807, 2.05) is 127 Å². The van der Waals surface area contributed by atoms with E-state index in [1.54, 1.807) is 0 Å². The number of fused-ring (bicyclic) bond motifs is 18. The van der Waals surface area contributed by atoms with Gasteiger partial charge >= 0.3 is 0 Å². The highest BCUT2D eigenvalue weighted by Gasteiger charge is 2.25. The third kappa shape index (κ3) is 5.07. The molecule has 0 fully saturated rings. The molecule has 72 heavy (non-hydrogen) atoms. The molecule has 0 saturated carbocycles. The maximum atomic E-state index is 15.8. The van der Waals surface area contributed by atoms with Gasteiger partial charge in [0.05, 0.1) is 82.4 Å². The first-order valence-electron chi connectivity index (χ1n) is 24.1. The summed E-state index contributed by atoms with van der Waals surface area (Å²) in [6.07, 6.45) is 0. The Labute approximate surface area is 405 Å². The Hall–Kier alpha value is -9.99. The standard InChI is InChI=1S/C63H36N6O3/c70-61-43-28-40-37-22-10-13-25-49(37)67(34-16-4-1-5-17-34)52(40)31-46(43)64-58-55(61)59-57(63(72)45-30-42-39-24-12-15-27-51(39)69(36-20-8-3-9-21-36)54(42)33-48(45)65-59)60-56(58)62(71)44-29-41-38-23-11-14-26-50(38)68(35-18-6-2-7-19-35)53(41)32-47(44)66-60/h1-33H,(H,64,70)(H,65,72)(H,66,71). The number of H-pyrrole nitrogens is 3. The molecule has 9 nitrogen and oxygen atoms in total. The summed E-state index contributed by atoms with van der Waals surface area (Å²) in [7, 11) is 0. The second-order valence-electron chi connectivity index (χ2n) is 18.9. The first-order chi connectivity index (χ1) is 35.5. The second kappa shape index (κ2) is 14.1. The van der Waals surface area contributed by atoms with Crippen LogP contribution in [-0.4, -0.2) is 28.7 Å². The summed E-state index contributed by atoms with van der Waals surface area (Å²) in [6.45, 7) is 0. The molecule has 0 unspecified atom stereocenters. The summed E-state index contributed by atoms with van der Waals surface area (Å²) in [6, 6.07) is 67.1. The number of pyridine rings is 3. The summed E-state index contributed by atoms with van der Waals surface area (Å²) >= 11 is 0. The molecular formula is C63H36N6O3. The van der Waals surface area contributed by atoms with E-state index in [0.717, 1.165) is 82.5 Å². The SMILES string of the molecule is O=c1c2cc3c4ccccc4n(-c4ccccc4)c3cc2[nH]c2c1c1[nH]c3cc4c(cc3c(=O)c1c1[nH]c3cc5c(cc3c(=O)c21)c1ccccc1n5-c1ccccc1)c1ccccc1n4-c1ccccc1. The van der Waals surface area contributed by atoms with E-state index in [9.17, 15) is 0 Å². The number of aromatic nitrogens is 6. The average molecular weight is 925 g/mol. The molecule has 6 aromatic heterocycles. The Morgan fingerprint density at radius 2 is 0.514 bits per heavy atom. The van der Waals surface area contributed by atoms with E-state index in [-0.39, 0.29) is 32.4 Å². The molecule has 6 heterocycles. The third-order valence-corrected chi connectivity index (χ3v) is 15.2. The molecule has 0 spiro atoms. The Kier molecular flexibility index (Phi) is 7.60. The lowest BCUT2D eigenvalue weighted by Crippen LogP contribution is -2.15. The fourth-order valence-corrected chi connectivity index (χ4v) is 12.1. The summed E-state index contributed by atoms with van der Waals surface area (Å²) in [4.78, 5) is 58.4. The zero-order chi connectivity index (χ0) is 47.5. The normalized spacial score (nSPS) is 12.3. The minimum absolute atomic E-state index is 0.241. The van der Waals surface area contributed by atoms with Gasteiger partial charge in [0.2, 0.25) is 0 Å². The van der Waals surface area contributed by atoms with Gasteiger partial charge in [-0.25, -0.2) is 0 Å². The zero-order valence-electron chi connectivity index (χ0n) is 38.1. The third-order valence-electron chi connectivity index (χ3n) is 15.2. The van der Waals surface area contributed by atoms with E-state index in [1.165, 1.54) is 0 Å². The maximum absolute atomic E-state index is 15.8. The monoisotopic (exact) mass is 924 g/mol. The fourth-order valence-electron chi connectivity index (χ4n) is 12.1. The predicted octanol–water partition coefficient (Wildman–Crippen LogP) is 14.0. The topological polar surface area (TPSA) is 113 Å². The van der Waals surface area contributed by atoms with Gasteiger partial charge in [-0.05, 0) is 91.0 Å². The molecule has 0 aliphatic carbocycles. The van der Waals surface area contributed by atoms with Crippen LogP contribution in [0.4, 0.5) is 0 Å². The van der Waals surface area contributed by atoms with Gasteiger partial charge in [0, 0.05) is 65.5 Å². The van der Waals surface area contributed by atoms with Crippen LogP contribution in [0.3, 0.4) is 0 Å². The summed E-state index contributed by atoms with van der Waals surface area (Å²) in [5.41, 5.74) is 10.5. The van der Waals surface area contributed by atoms with Crippen LogP contribution in [0.1, 0.15) is 0 Å². The maximum Gasteiger partial charge on any atom is 0.199 e. The van der Waals surface area contributed by atoms with Crippen molar-refractivity contribution in [3.05, 3.63) is 231 Å². The minimum Gasteiger partial charge on any atom is -0.354 e. The van der Waals surface area contributed by atoms with E-state index in [2.05, 4.69) is 101 Å². The molecule has 16 rings (SSSR count). The number of para-hydroxylation sites is 6. The van der Waals surface area contributed by atoms with Crippen molar-refractivity contribution in [3.8, 4) is 17.1 Å². The van der Waals surface area contributed by atoms with Crippen LogP contribution >= 0.6 is 0 Å². The average Bonchev–Trinajstić information content (AvgIpc) is 4.05. The summed E-state index contributed by atoms with van der Waals surface area (Å²) < 4.78 is 6.63. The van der Waals surface area contributed by atoms with Gasteiger partial charge in [0.1, 0.15) is 0 Å². The minimum atomic E-state index is -0.292. The van der Waals surface area contributed by atoms with Crippen LogP contribution in [0.5, 0.6) is 0 Å². The van der Waals surface area contributed by atoms with Crippen LogP contribution in [0.2, 0.25) is 0 Å². The number of hydrogen-bond acceptors (Lipinski definition) is 3. The van der Waals surface area contributed by atoms with Gasteiger partial charge in [-0.3, -0.25) is 14.4 Å². The molecule has 9 heteroatoms. The highest BCUT2D eigenvalue weighted by Crippen LogP contribution is 2.40. The van der Waals surface area contributed by atoms with Crippen molar-refractivity contribution in [1.29, 1.82) is 0 Å². The first kappa shape index (κ1) is 38.9. The largest absolute Gasteiger partial charge is 0.354 e.